The van der Waals surface area contributed by atoms with E-state index in [0.717, 1.165) is 22.6 Å². The van der Waals surface area contributed by atoms with Crippen molar-refractivity contribution in [3.63, 3.8) is 0 Å². The first-order chi connectivity index (χ1) is 13.6. The average molecular weight is 410 g/mol. The lowest BCUT2D eigenvalue weighted by Gasteiger charge is -2.11. The van der Waals surface area contributed by atoms with E-state index in [1.54, 1.807) is 34.7 Å². The summed E-state index contributed by atoms with van der Waals surface area (Å²) in [4.78, 5) is 22.5. The fourth-order valence-electron chi connectivity index (χ4n) is 3.17. The Balaban J connectivity index is 1.56. The second-order valence-corrected chi connectivity index (χ2v) is 8.11. The minimum atomic E-state index is 0.0668. The summed E-state index contributed by atoms with van der Waals surface area (Å²) in [5, 5.41) is 4.89. The fraction of sp³-hybridized carbons (Fsp3) is 0.200. The smallest absolute Gasteiger partial charge is 0.253 e. The van der Waals surface area contributed by atoms with Crippen LogP contribution in [0.3, 0.4) is 0 Å². The molecule has 6 nitrogen and oxygen atoms in total. The van der Waals surface area contributed by atoms with Crippen LogP contribution in [0.5, 0.6) is 0 Å². The van der Waals surface area contributed by atoms with E-state index in [1.165, 1.54) is 16.7 Å². The van der Waals surface area contributed by atoms with Crippen molar-refractivity contribution in [2.75, 3.05) is 12.0 Å². The first-order valence-electron chi connectivity index (χ1n) is 8.73. The molecule has 1 aromatic carbocycles. The molecule has 4 aromatic rings. The summed E-state index contributed by atoms with van der Waals surface area (Å²) in [5.74, 6) is 0.882. The number of nitrogens with zero attached hydrogens (tertiary/aromatic N) is 5. The number of ketones is 1. The van der Waals surface area contributed by atoms with Gasteiger partial charge in [-0.25, -0.2) is 9.50 Å². The number of hydrogen-bond donors (Lipinski definition) is 0. The number of benzene rings is 1. The highest BCUT2D eigenvalue weighted by Crippen LogP contribution is 2.26. The molecule has 0 N–H and O–H groups in total. The van der Waals surface area contributed by atoms with E-state index in [1.807, 2.05) is 26.0 Å². The number of aryl methyl sites for hydroxylation is 1. The number of hydrogen-bond acceptors (Lipinski definition) is 6. The Morgan fingerprint density at radius 1 is 1.18 bits per heavy atom. The topological polar surface area (TPSA) is 65.1 Å². The highest BCUT2D eigenvalue weighted by Gasteiger charge is 2.18. The molecule has 8 heteroatoms. The van der Waals surface area contributed by atoms with Gasteiger partial charge in [-0.15, -0.1) is 16.9 Å². The van der Waals surface area contributed by atoms with Gasteiger partial charge < -0.3 is 4.57 Å². The summed E-state index contributed by atoms with van der Waals surface area (Å²) in [6, 6.07) is 12.1. The Morgan fingerprint density at radius 3 is 2.82 bits per heavy atom. The first kappa shape index (κ1) is 18.8. The molecule has 4 rings (SSSR count). The Hall–Kier alpha value is -2.58. The molecule has 0 aliphatic carbocycles. The van der Waals surface area contributed by atoms with Crippen LogP contribution in [0.1, 0.15) is 21.7 Å². The zero-order valence-corrected chi connectivity index (χ0v) is 17.4. The van der Waals surface area contributed by atoms with Crippen LogP contribution in [0, 0.1) is 13.8 Å². The highest BCUT2D eigenvalue weighted by atomic mass is 32.2. The van der Waals surface area contributed by atoms with Crippen molar-refractivity contribution in [3.05, 3.63) is 65.7 Å². The van der Waals surface area contributed by atoms with E-state index in [2.05, 4.69) is 44.1 Å². The lowest BCUT2D eigenvalue weighted by atomic mass is 10.2. The highest BCUT2D eigenvalue weighted by molar-refractivity contribution is 7.99. The molecule has 0 unspecified atom stereocenters. The summed E-state index contributed by atoms with van der Waals surface area (Å²) in [7, 11) is 0. The molecule has 142 valence electrons. The van der Waals surface area contributed by atoms with Crippen molar-refractivity contribution in [2.45, 2.75) is 23.9 Å². The number of thioether (sulfide) groups is 2. The number of carbonyl (C=O) groups excluding carboxylic acids is 1. The standard InChI is InChI=1S/C20H19N5OS2/c1-13-10-17(14(2)25(13)15-6-4-7-16(11-15)27-3)18(26)12-28-20-22-19-21-8-5-9-24(19)23-20/h4-11H,12H2,1-3H3. The molecule has 28 heavy (non-hydrogen) atoms. The molecule has 0 spiro atoms. The third-order valence-electron chi connectivity index (χ3n) is 4.47. The zero-order valence-electron chi connectivity index (χ0n) is 15.8. The van der Waals surface area contributed by atoms with Crippen LogP contribution in [-0.4, -0.2) is 41.9 Å². The van der Waals surface area contributed by atoms with Crippen LogP contribution in [0.15, 0.2) is 58.8 Å². The molecule has 0 saturated heterocycles. The molecule has 0 bridgehead atoms. The molecule has 3 heterocycles. The van der Waals surface area contributed by atoms with Crippen LogP contribution in [0.25, 0.3) is 11.5 Å². The van der Waals surface area contributed by atoms with Crippen LogP contribution in [0.4, 0.5) is 0 Å². The maximum atomic E-state index is 12.9. The monoisotopic (exact) mass is 409 g/mol. The van der Waals surface area contributed by atoms with Gasteiger partial charge in [0.2, 0.25) is 5.16 Å². The first-order valence-corrected chi connectivity index (χ1v) is 10.9. The van der Waals surface area contributed by atoms with Crippen LogP contribution < -0.4 is 0 Å². The van der Waals surface area contributed by atoms with Crippen molar-refractivity contribution >= 4 is 35.1 Å². The normalized spacial score (nSPS) is 11.2. The van der Waals surface area contributed by atoms with Gasteiger partial charge in [-0.1, -0.05) is 17.8 Å². The summed E-state index contributed by atoms with van der Waals surface area (Å²) in [5.41, 5.74) is 3.80. The molecule has 3 aromatic heterocycles. The molecule has 0 aliphatic rings. The Bertz CT molecular complexity index is 1130. The van der Waals surface area contributed by atoms with Gasteiger partial charge in [-0.2, -0.15) is 4.98 Å². The number of fused-ring (bicyclic) bond motifs is 1. The van der Waals surface area contributed by atoms with Gasteiger partial charge >= 0.3 is 0 Å². The average Bonchev–Trinajstić information content (AvgIpc) is 3.26. The van der Waals surface area contributed by atoms with Crippen molar-refractivity contribution in [1.82, 2.24) is 24.1 Å². The quantitative estimate of drug-likeness (QED) is 0.351. The third kappa shape index (κ3) is 3.57. The Kier molecular flexibility index (Phi) is 5.23. The second kappa shape index (κ2) is 7.81. The van der Waals surface area contributed by atoms with Crippen LogP contribution in [-0.2, 0) is 0 Å². The minimum absolute atomic E-state index is 0.0668. The molecule has 0 saturated carbocycles. The molecule has 0 fully saturated rings. The SMILES string of the molecule is CSc1cccc(-n2c(C)cc(C(=O)CSc3nc4ncccn4n3)c2C)c1. The van der Waals surface area contributed by atoms with E-state index >= 15 is 0 Å². The van der Waals surface area contributed by atoms with Crippen molar-refractivity contribution in [2.24, 2.45) is 0 Å². The Labute approximate surface area is 171 Å². The molecular weight excluding hydrogens is 390 g/mol. The van der Waals surface area contributed by atoms with Crippen LogP contribution in [0.2, 0.25) is 0 Å². The van der Waals surface area contributed by atoms with Gasteiger partial charge in [0.25, 0.3) is 5.78 Å². The van der Waals surface area contributed by atoms with Gasteiger partial charge in [-0.05, 0) is 50.4 Å². The van der Waals surface area contributed by atoms with Gasteiger partial charge in [-0.3, -0.25) is 4.79 Å². The lowest BCUT2D eigenvalue weighted by Crippen LogP contribution is -2.06. The summed E-state index contributed by atoms with van der Waals surface area (Å²) in [6.07, 6.45) is 5.52. The number of rotatable bonds is 6. The molecule has 0 radical (unpaired) electrons. The van der Waals surface area contributed by atoms with E-state index in [0.29, 0.717) is 10.9 Å². The maximum Gasteiger partial charge on any atom is 0.253 e. The number of carbonyl (C=O) groups is 1. The predicted molar refractivity (Wildman–Crippen MR) is 113 cm³/mol. The maximum absolute atomic E-state index is 12.9. The van der Waals surface area contributed by atoms with E-state index in [9.17, 15) is 4.79 Å². The van der Waals surface area contributed by atoms with Gasteiger partial charge in [0.05, 0.1) is 5.75 Å². The largest absolute Gasteiger partial charge is 0.318 e. The van der Waals surface area contributed by atoms with Gasteiger partial charge in [0.1, 0.15) is 0 Å². The molecule has 0 aliphatic heterocycles. The summed E-state index contributed by atoms with van der Waals surface area (Å²) >= 11 is 3.03. The molecule has 0 atom stereocenters. The predicted octanol–water partition coefficient (Wildman–Crippen LogP) is 4.23. The lowest BCUT2D eigenvalue weighted by molar-refractivity contribution is 0.102. The number of aromatic nitrogens is 5. The molecule has 0 amide bonds. The van der Waals surface area contributed by atoms with E-state index in [-0.39, 0.29) is 11.5 Å². The van der Waals surface area contributed by atoms with Crippen LogP contribution >= 0.6 is 23.5 Å². The van der Waals surface area contributed by atoms with E-state index in [4.69, 9.17) is 0 Å². The third-order valence-corrected chi connectivity index (χ3v) is 6.04. The van der Waals surface area contributed by atoms with Gasteiger partial charge in [0.15, 0.2) is 5.78 Å². The fourth-order valence-corrected chi connectivity index (χ4v) is 4.34. The van der Waals surface area contributed by atoms with Crippen molar-refractivity contribution < 1.29 is 4.79 Å². The van der Waals surface area contributed by atoms with Crippen molar-refractivity contribution in [3.8, 4) is 5.69 Å². The second-order valence-electron chi connectivity index (χ2n) is 6.29. The molecular formula is C20H19N5OS2. The summed E-state index contributed by atoms with van der Waals surface area (Å²) in [6.45, 7) is 4.02. The van der Waals surface area contributed by atoms with Gasteiger partial charge in [0, 0.05) is 39.9 Å². The zero-order chi connectivity index (χ0) is 19.7. The van der Waals surface area contributed by atoms with Crippen molar-refractivity contribution in [1.29, 1.82) is 0 Å². The Morgan fingerprint density at radius 2 is 2.04 bits per heavy atom. The van der Waals surface area contributed by atoms with E-state index < -0.39 is 0 Å². The number of Topliss-reactive ketones (excluding diaryl/α,β-unsaturated/α-hetero) is 1. The minimum Gasteiger partial charge on any atom is -0.318 e. The summed E-state index contributed by atoms with van der Waals surface area (Å²) < 4.78 is 3.74.